The maximum absolute atomic E-state index is 11.0. The molecule has 5 nitrogen and oxygen atoms in total. The van der Waals surface area contributed by atoms with Crippen LogP contribution in [0.25, 0.3) is 0 Å². The Morgan fingerprint density at radius 3 is 2.81 bits per heavy atom. The monoisotopic (exact) mass is 222 g/mol. The molecule has 0 unspecified atom stereocenters. The van der Waals surface area contributed by atoms with Crippen LogP contribution in [-0.4, -0.2) is 23.5 Å². The number of hydrazone groups is 1. The standard InChI is InChI=1S/C11H14N2O3/c1-3-16-11(15)13-12-8(2)9-6-4-5-7-10(9)14/h4-7,14H,3H2,1-2H3,(H,13,15)/b12-8-. The van der Waals surface area contributed by atoms with Gasteiger partial charge in [-0.2, -0.15) is 5.10 Å². The number of nitrogens with zero attached hydrogens (tertiary/aromatic N) is 1. The van der Waals surface area contributed by atoms with Crippen molar-refractivity contribution in [2.24, 2.45) is 5.10 Å². The maximum atomic E-state index is 11.0. The van der Waals surface area contributed by atoms with E-state index in [-0.39, 0.29) is 12.4 Å². The number of ether oxygens (including phenoxy) is 1. The lowest BCUT2D eigenvalue weighted by molar-refractivity contribution is 0.152. The van der Waals surface area contributed by atoms with Crippen molar-refractivity contribution in [3.63, 3.8) is 0 Å². The molecule has 0 saturated heterocycles. The lowest BCUT2D eigenvalue weighted by Crippen LogP contribution is -2.20. The second-order valence-electron chi connectivity index (χ2n) is 3.05. The van der Waals surface area contributed by atoms with Crippen molar-refractivity contribution >= 4 is 11.8 Å². The van der Waals surface area contributed by atoms with Gasteiger partial charge >= 0.3 is 6.09 Å². The van der Waals surface area contributed by atoms with E-state index in [1.54, 1.807) is 38.1 Å². The maximum Gasteiger partial charge on any atom is 0.427 e. The molecule has 0 fully saturated rings. The van der Waals surface area contributed by atoms with E-state index in [2.05, 4.69) is 15.3 Å². The van der Waals surface area contributed by atoms with Crippen molar-refractivity contribution in [3.05, 3.63) is 29.8 Å². The summed E-state index contributed by atoms with van der Waals surface area (Å²) in [7, 11) is 0. The number of benzene rings is 1. The molecule has 16 heavy (non-hydrogen) atoms. The normalized spacial score (nSPS) is 11.0. The van der Waals surface area contributed by atoms with Gasteiger partial charge in [0.2, 0.25) is 0 Å². The number of phenols is 1. The smallest absolute Gasteiger partial charge is 0.427 e. The topological polar surface area (TPSA) is 70.9 Å². The average Bonchev–Trinajstić information content (AvgIpc) is 2.27. The first kappa shape index (κ1) is 12.0. The van der Waals surface area contributed by atoms with Gasteiger partial charge in [-0.05, 0) is 26.0 Å². The largest absolute Gasteiger partial charge is 0.507 e. The quantitative estimate of drug-likeness (QED) is 0.605. The summed E-state index contributed by atoms with van der Waals surface area (Å²) in [4.78, 5) is 11.0. The van der Waals surface area contributed by atoms with Gasteiger partial charge in [-0.3, -0.25) is 0 Å². The van der Waals surface area contributed by atoms with E-state index >= 15 is 0 Å². The van der Waals surface area contributed by atoms with E-state index in [9.17, 15) is 9.90 Å². The van der Waals surface area contributed by atoms with Crippen LogP contribution in [-0.2, 0) is 4.74 Å². The molecule has 1 aromatic rings. The van der Waals surface area contributed by atoms with Gasteiger partial charge in [-0.25, -0.2) is 10.2 Å². The van der Waals surface area contributed by atoms with Crippen molar-refractivity contribution in [3.8, 4) is 5.75 Å². The van der Waals surface area contributed by atoms with Crippen LogP contribution >= 0.6 is 0 Å². The van der Waals surface area contributed by atoms with Gasteiger partial charge in [0, 0.05) is 5.56 Å². The average molecular weight is 222 g/mol. The second-order valence-corrected chi connectivity index (χ2v) is 3.05. The number of nitrogens with one attached hydrogen (secondary N) is 1. The Hall–Kier alpha value is -2.04. The summed E-state index contributed by atoms with van der Waals surface area (Å²) >= 11 is 0. The molecule has 0 aliphatic heterocycles. The SMILES string of the molecule is CCOC(=O)N/N=C(/C)c1ccccc1O. The lowest BCUT2D eigenvalue weighted by Gasteiger charge is -2.04. The van der Waals surface area contributed by atoms with Crippen molar-refractivity contribution in [1.82, 2.24) is 5.43 Å². The molecule has 2 N–H and O–H groups in total. The van der Waals surface area contributed by atoms with Gasteiger partial charge in [0.1, 0.15) is 5.75 Å². The van der Waals surface area contributed by atoms with Gasteiger partial charge in [-0.1, -0.05) is 12.1 Å². The van der Waals surface area contributed by atoms with Crippen molar-refractivity contribution in [2.75, 3.05) is 6.61 Å². The number of carbonyl (C=O) groups is 1. The Bertz CT molecular complexity index is 402. The van der Waals surface area contributed by atoms with E-state index < -0.39 is 6.09 Å². The number of rotatable bonds is 3. The van der Waals surface area contributed by atoms with E-state index in [1.807, 2.05) is 0 Å². The highest BCUT2D eigenvalue weighted by Gasteiger charge is 2.04. The van der Waals surface area contributed by atoms with Crippen LogP contribution in [0, 0.1) is 0 Å². The van der Waals surface area contributed by atoms with E-state index in [0.29, 0.717) is 11.3 Å². The van der Waals surface area contributed by atoms with E-state index in [4.69, 9.17) is 0 Å². The van der Waals surface area contributed by atoms with E-state index in [1.165, 1.54) is 0 Å². The Kier molecular flexibility index (Phi) is 4.32. The summed E-state index contributed by atoms with van der Waals surface area (Å²) in [6, 6.07) is 6.75. The molecule has 1 amide bonds. The fourth-order valence-electron chi connectivity index (χ4n) is 1.13. The Morgan fingerprint density at radius 1 is 1.50 bits per heavy atom. The first-order valence-corrected chi connectivity index (χ1v) is 4.90. The Labute approximate surface area is 93.7 Å². The number of carbonyl (C=O) groups excluding carboxylic acids is 1. The number of hydrogen-bond acceptors (Lipinski definition) is 4. The highest BCUT2D eigenvalue weighted by atomic mass is 16.5. The van der Waals surface area contributed by atoms with Crippen LogP contribution in [0.3, 0.4) is 0 Å². The third kappa shape index (κ3) is 3.27. The molecule has 0 aliphatic rings. The second kappa shape index (κ2) is 5.75. The van der Waals surface area contributed by atoms with Crippen LogP contribution in [0.2, 0.25) is 0 Å². The third-order valence-corrected chi connectivity index (χ3v) is 1.88. The molecule has 0 spiro atoms. The number of amides is 1. The predicted molar refractivity (Wildman–Crippen MR) is 60.5 cm³/mol. The van der Waals surface area contributed by atoms with Gasteiger partial charge in [0.15, 0.2) is 0 Å². The Morgan fingerprint density at radius 2 is 2.19 bits per heavy atom. The molecule has 0 heterocycles. The summed E-state index contributed by atoms with van der Waals surface area (Å²) in [5.41, 5.74) is 3.30. The minimum atomic E-state index is -0.614. The molecule has 0 radical (unpaired) electrons. The molecule has 0 bridgehead atoms. The zero-order valence-electron chi connectivity index (χ0n) is 9.23. The van der Waals surface area contributed by atoms with Gasteiger partial charge in [0.05, 0.1) is 12.3 Å². The molecule has 0 aliphatic carbocycles. The zero-order valence-corrected chi connectivity index (χ0v) is 9.23. The minimum Gasteiger partial charge on any atom is -0.507 e. The van der Waals surface area contributed by atoms with E-state index in [0.717, 1.165) is 0 Å². The number of aromatic hydroxyl groups is 1. The minimum absolute atomic E-state index is 0.120. The van der Waals surface area contributed by atoms with Gasteiger partial charge in [-0.15, -0.1) is 0 Å². The van der Waals surface area contributed by atoms with Gasteiger partial charge in [0.25, 0.3) is 0 Å². The van der Waals surface area contributed by atoms with Crippen LogP contribution in [0.4, 0.5) is 4.79 Å². The highest BCUT2D eigenvalue weighted by molar-refractivity contribution is 6.01. The molecular formula is C11H14N2O3. The summed E-state index contributed by atoms with van der Waals surface area (Å²) in [5, 5.41) is 13.3. The zero-order chi connectivity index (χ0) is 12.0. The van der Waals surface area contributed by atoms with Crippen LogP contribution < -0.4 is 5.43 Å². The number of hydrogen-bond donors (Lipinski definition) is 2. The molecule has 1 rings (SSSR count). The molecule has 0 aromatic heterocycles. The van der Waals surface area contributed by atoms with Crippen LogP contribution in [0.5, 0.6) is 5.75 Å². The molecule has 1 aromatic carbocycles. The Balaban J connectivity index is 2.71. The molecule has 86 valence electrons. The fourth-order valence-corrected chi connectivity index (χ4v) is 1.13. The van der Waals surface area contributed by atoms with Crippen molar-refractivity contribution < 1.29 is 14.6 Å². The lowest BCUT2D eigenvalue weighted by atomic mass is 10.1. The number of phenolic OH excluding ortho intramolecular Hbond substituents is 1. The molecule has 0 saturated carbocycles. The third-order valence-electron chi connectivity index (χ3n) is 1.88. The summed E-state index contributed by atoms with van der Waals surface area (Å²) in [5.74, 6) is 0.120. The molecular weight excluding hydrogens is 208 g/mol. The van der Waals surface area contributed by atoms with Crippen LogP contribution in [0.15, 0.2) is 29.4 Å². The van der Waals surface area contributed by atoms with Crippen LogP contribution in [0.1, 0.15) is 19.4 Å². The van der Waals surface area contributed by atoms with Crippen molar-refractivity contribution in [1.29, 1.82) is 0 Å². The summed E-state index contributed by atoms with van der Waals surface area (Å²) < 4.78 is 4.64. The van der Waals surface area contributed by atoms with Gasteiger partial charge < -0.3 is 9.84 Å². The molecule has 5 heteroatoms. The predicted octanol–water partition coefficient (Wildman–Crippen LogP) is 1.86. The first-order valence-electron chi connectivity index (χ1n) is 4.90. The fraction of sp³-hybridized carbons (Fsp3) is 0.273. The molecule has 0 atom stereocenters. The highest BCUT2D eigenvalue weighted by Crippen LogP contribution is 2.15. The summed E-state index contributed by atoms with van der Waals surface area (Å²) in [6.07, 6.45) is -0.614. The number of para-hydroxylation sites is 1. The summed E-state index contributed by atoms with van der Waals surface area (Å²) in [6.45, 7) is 3.68. The first-order chi connectivity index (χ1) is 7.65. The van der Waals surface area contributed by atoms with Crippen molar-refractivity contribution in [2.45, 2.75) is 13.8 Å².